The van der Waals surface area contributed by atoms with E-state index in [1.165, 1.54) is 32.1 Å². The predicted octanol–water partition coefficient (Wildman–Crippen LogP) is 2.45. The number of nitrogens with zero attached hydrogens (tertiary/aromatic N) is 2. The smallest absolute Gasteiger partial charge is 0.240 e. The quantitative estimate of drug-likeness (QED) is 0.652. The molecule has 1 aliphatic carbocycles. The van der Waals surface area contributed by atoms with Crippen LogP contribution in [-0.4, -0.2) is 4.57 Å². The van der Waals surface area contributed by atoms with Crippen molar-refractivity contribution in [3.63, 3.8) is 0 Å². The van der Waals surface area contributed by atoms with Crippen LogP contribution < -0.4 is 4.57 Å². The van der Waals surface area contributed by atoms with Gasteiger partial charge in [-0.05, 0) is 25.2 Å². The van der Waals surface area contributed by atoms with Gasteiger partial charge in [0.1, 0.15) is 18.4 Å². The minimum Gasteiger partial charge on any atom is -0.240 e. The van der Waals surface area contributed by atoms with Gasteiger partial charge < -0.3 is 0 Å². The summed E-state index contributed by atoms with van der Waals surface area (Å²) in [6.07, 6.45) is 13.6. The summed E-state index contributed by atoms with van der Waals surface area (Å²) in [5.74, 6) is 0.924. The zero-order chi connectivity index (χ0) is 9.97. The molecule has 1 unspecified atom stereocenters. The van der Waals surface area contributed by atoms with Crippen molar-refractivity contribution < 1.29 is 4.57 Å². The topological polar surface area (TPSA) is 8.81 Å². The van der Waals surface area contributed by atoms with Gasteiger partial charge in [0.15, 0.2) is 0 Å². The average Bonchev–Trinajstić information content (AvgIpc) is 2.79. The number of aromatic nitrogens is 2. The van der Waals surface area contributed by atoms with E-state index in [4.69, 9.17) is 0 Å². The summed E-state index contributed by atoms with van der Waals surface area (Å²) in [6.45, 7) is 2.31. The highest BCUT2D eigenvalue weighted by molar-refractivity contribution is 4.82. The monoisotopic (exact) mass is 193 g/mol. The Kier molecular flexibility index (Phi) is 2.90. The van der Waals surface area contributed by atoms with Crippen molar-refractivity contribution in [3.05, 3.63) is 18.7 Å². The minimum absolute atomic E-state index is 0.735. The highest BCUT2D eigenvalue weighted by Gasteiger charge is 2.27. The molecule has 78 valence electrons. The molecule has 0 bridgehead atoms. The molecule has 0 N–H and O–H groups in total. The third-order valence-corrected chi connectivity index (χ3v) is 3.53. The van der Waals surface area contributed by atoms with Crippen LogP contribution in [0.1, 0.15) is 45.1 Å². The molecule has 1 fully saturated rings. The summed E-state index contributed by atoms with van der Waals surface area (Å²) in [4.78, 5) is 0. The van der Waals surface area contributed by atoms with Crippen molar-refractivity contribution >= 4 is 0 Å². The first-order valence-electron chi connectivity index (χ1n) is 5.84. The number of rotatable bonds is 3. The molecule has 1 heterocycles. The fourth-order valence-electron chi connectivity index (χ4n) is 2.80. The van der Waals surface area contributed by atoms with Crippen LogP contribution in [0.3, 0.4) is 0 Å². The van der Waals surface area contributed by atoms with Gasteiger partial charge in [-0.3, -0.25) is 0 Å². The predicted molar refractivity (Wildman–Crippen MR) is 56.9 cm³/mol. The first-order valence-corrected chi connectivity index (χ1v) is 5.84. The Bertz CT molecular complexity index is 284. The highest BCUT2D eigenvalue weighted by Crippen LogP contribution is 2.35. The fraction of sp³-hybridized carbons (Fsp3) is 0.750. The summed E-state index contributed by atoms with van der Waals surface area (Å²) in [6, 6.07) is 0.735. The van der Waals surface area contributed by atoms with E-state index in [2.05, 4.69) is 41.8 Å². The summed E-state index contributed by atoms with van der Waals surface area (Å²) < 4.78 is 4.54. The molecule has 1 saturated carbocycles. The van der Waals surface area contributed by atoms with Crippen molar-refractivity contribution in [2.24, 2.45) is 13.0 Å². The van der Waals surface area contributed by atoms with Crippen LogP contribution in [-0.2, 0) is 7.05 Å². The van der Waals surface area contributed by atoms with E-state index in [1.54, 1.807) is 0 Å². The molecule has 2 nitrogen and oxygen atoms in total. The molecule has 1 atom stereocenters. The molecule has 0 saturated heterocycles. The van der Waals surface area contributed by atoms with E-state index in [0.29, 0.717) is 0 Å². The molecular formula is C12H21N2+. The van der Waals surface area contributed by atoms with Crippen LogP contribution >= 0.6 is 0 Å². The maximum Gasteiger partial charge on any atom is 0.243 e. The number of hydrogen-bond acceptors (Lipinski definition) is 0. The summed E-state index contributed by atoms with van der Waals surface area (Å²) in [5, 5.41) is 0. The Morgan fingerprint density at radius 1 is 1.43 bits per heavy atom. The second-order valence-electron chi connectivity index (χ2n) is 4.55. The first kappa shape index (κ1) is 9.75. The first-order chi connectivity index (χ1) is 6.81. The van der Waals surface area contributed by atoms with Gasteiger partial charge >= 0.3 is 0 Å². The van der Waals surface area contributed by atoms with E-state index >= 15 is 0 Å². The van der Waals surface area contributed by atoms with Gasteiger partial charge in [0.25, 0.3) is 0 Å². The van der Waals surface area contributed by atoms with Gasteiger partial charge in [0.2, 0.25) is 6.33 Å². The summed E-state index contributed by atoms with van der Waals surface area (Å²) >= 11 is 0. The largest absolute Gasteiger partial charge is 0.243 e. The lowest BCUT2D eigenvalue weighted by Gasteiger charge is -2.18. The second-order valence-corrected chi connectivity index (χ2v) is 4.55. The summed E-state index contributed by atoms with van der Waals surface area (Å²) in [7, 11) is 2.10. The normalized spacial score (nSPS) is 20.1. The number of hydrogen-bond donors (Lipinski definition) is 0. The van der Waals surface area contributed by atoms with Crippen LogP contribution in [0, 0.1) is 5.92 Å². The Balaban J connectivity index is 2.12. The lowest BCUT2D eigenvalue weighted by Crippen LogP contribution is -2.25. The van der Waals surface area contributed by atoms with Crippen molar-refractivity contribution in [1.82, 2.24) is 4.57 Å². The Hall–Kier alpha value is -0.790. The molecular weight excluding hydrogens is 172 g/mol. The Labute approximate surface area is 86.6 Å². The van der Waals surface area contributed by atoms with Gasteiger partial charge in [-0.25, -0.2) is 9.13 Å². The molecule has 14 heavy (non-hydrogen) atoms. The Morgan fingerprint density at radius 3 is 2.64 bits per heavy atom. The molecule has 0 aromatic carbocycles. The van der Waals surface area contributed by atoms with E-state index in [1.807, 2.05) is 0 Å². The van der Waals surface area contributed by atoms with Crippen LogP contribution in [0.4, 0.5) is 0 Å². The molecule has 1 aliphatic rings. The molecule has 2 heteroatoms. The van der Waals surface area contributed by atoms with Crippen molar-refractivity contribution in [2.45, 2.75) is 45.1 Å². The Morgan fingerprint density at radius 2 is 2.14 bits per heavy atom. The van der Waals surface area contributed by atoms with Crippen molar-refractivity contribution in [3.8, 4) is 0 Å². The maximum absolute atomic E-state index is 2.40. The highest BCUT2D eigenvalue weighted by atomic mass is 15.1. The third kappa shape index (κ3) is 1.84. The number of imidazole rings is 1. The van der Waals surface area contributed by atoms with Gasteiger partial charge in [0.05, 0.1) is 7.05 Å². The van der Waals surface area contributed by atoms with Gasteiger partial charge in [-0.15, -0.1) is 0 Å². The number of aryl methyl sites for hydroxylation is 1. The third-order valence-electron chi connectivity index (χ3n) is 3.53. The van der Waals surface area contributed by atoms with Crippen molar-refractivity contribution in [1.29, 1.82) is 0 Å². The molecule has 0 amide bonds. The van der Waals surface area contributed by atoms with E-state index in [-0.39, 0.29) is 0 Å². The molecule has 1 aromatic rings. The molecule has 1 aromatic heterocycles. The molecule has 0 radical (unpaired) electrons. The summed E-state index contributed by atoms with van der Waals surface area (Å²) in [5.41, 5.74) is 0. The van der Waals surface area contributed by atoms with Crippen LogP contribution in [0.5, 0.6) is 0 Å². The van der Waals surface area contributed by atoms with E-state index < -0.39 is 0 Å². The zero-order valence-corrected chi connectivity index (χ0v) is 9.32. The van der Waals surface area contributed by atoms with E-state index in [0.717, 1.165) is 12.0 Å². The molecule has 2 rings (SSSR count). The van der Waals surface area contributed by atoms with Gasteiger partial charge in [-0.2, -0.15) is 0 Å². The van der Waals surface area contributed by atoms with Gasteiger partial charge in [0, 0.05) is 0 Å². The van der Waals surface area contributed by atoms with Gasteiger partial charge in [-0.1, -0.05) is 19.8 Å². The lowest BCUT2D eigenvalue weighted by molar-refractivity contribution is -0.671. The molecule has 0 aliphatic heterocycles. The van der Waals surface area contributed by atoms with E-state index in [9.17, 15) is 0 Å². The fourth-order valence-corrected chi connectivity index (χ4v) is 2.80. The van der Waals surface area contributed by atoms with Crippen molar-refractivity contribution in [2.75, 3.05) is 0 Å². The van der Waals surface area contributed by atoms with Crippen LogP contribution in [0.15, 0.2) is 18.7 Å². The SMILES string of the molecule is CCC(C1CCCC1)n1cc[n+](C)c1. The molecule has 0 spiro atoms. The average molecular weight is 193 g/mol. The minimum atomic E-state index is 0.735. The zero-order valence-electron chi connectivity index (χ0n) is 9.32. The van der Waals surface area contributed by atoms with Crippen LogP contribution in [0.25, 0.3) is 0 Å². The maximum atomic E-state index is 2.40. The lowest BCUT2D eigenvalue weighted by atomic mass is 9.96. The van der Waals surface area contributed by atoms with Crippen LogP contribution in [0.2, 0.25) is 0 Å². The second kappa shape index (κ2) is 4.16. The standard InChI is InChI=1S/C12H21N2/c1-3-12(11-6-4-5-7-11)14-9-8-13(2)10-14/h8-12H,3-7H2,1-2H3/q+1.